The van der Waals surface area contributed by atoms with Gasteiger partial charge in [-0.3, -0.25) is 4.79 Å². The Hall–Kier alpha value is -2.21. The molecule has 0 fully saturated rings. The van der Waals surface area contributed by atoms with E-state index in [4.69, 9.17) is 22.7 Å². The van der Waals surface area contributed by atoms with Gasteiger partial charge >= 0.3 is 0 Å². The second-order valence-electron chi connectivity index (χ2n) is 4.15. The van der Waals surface area contributed by atoms with Crippen molar-refractivity contribution in [1.29, 1.82) is 0 Å². The average molecular weight is 289 g/mol. The fraction of sp³-hybridized carbons (Fsp3) is 0.214. The van der Waals surface area contributed by atoms with E-state index in [1.165, 1.54) is 10.7 Å². The third-order valence-corrected chi connectivity index (χ3v) is 2.93. The summed E-state index contributed by atoms with van der Waals surface area (Å²) in [5.41, 5.74) is 6.23. The summed E-state index contributed by atoms with van der Waals surface area (Å²) in [4.78, 5) is 11.8. The Morgan fingerprint density at radius 2 is 2.10 bits per heavy atom. The number of para-hydroxylation sites is 1. The molecule has 0 saturated heterocycles. The molecule has 1 aromatic heterocycles. The van der Waals surface area contributed by atoms with Crippen LogP contribution in [0, 0.1) is 0 Å². The van der Waals surface area contributed by atoms with Crippen LogP contribution in [-0.2, 0) is 6.54 Å². The summed E-state index contributed by atoms with van der Waals surface area (Å²) in [6, 6.07) is 10.5. The summed E-state index contributed by atoms with van der Waals surface area (Å²) in [5.74, 6) is 0.661. The number of thiocarbonyl (C=S) groups is 1. The first-order chi connectivity index (χ1) is 9.68. The van der Waals surface area contributed by atoms with Gasteiger partial charge in [-0.15, -0.1) is 0 Å². The molecule has 0 radical (unpaired) electrons. The van der Waals surface area contributed by atoms with Gasteiger partial charge in [-0.2, -0.15) is 5.10 Å². The van der Waals surface area contributed by atoms with Gasteiger partial charge in [0.15, 0.2) is 0 Å². The molecule has 0 aliphatic heterocycles. The quantitative estimate of drug-likeness (QED) is 0.642. The highest BCUT2D eigenvalue weighted by atomic mass is 32.1. The minimum Gasteiger partial charge on any atom is -0.493 e. The van der Waals surface area contributed by atoms with Crippen LogP contribution in [0.15, 0.2) is 47.4 Å². The summed E-state index contributed by atoms with van der Waals surface area (Å²) in [5, 5.41) is 3.98. The Morgan fingerprint density at radius 3 is 2.85 bits per heavy atom. The van der Waals surface area contributed by atoms with Crippen LogP contribution in [0.4, 0.5) is 0 Å². The lowest BCUT2D eigenvalue weighted by Crippen LogP contribution is -2.22. The van der Waals surface area contributed by atoms with Crippen molar-refractivity contribution in [3.05, 3.63) is 58.5 Å². The Balaban J connectivity index is 1.90. The third-order valence-electron chi connectivity index (χ3n) is 2.71. The molecule has 2 N–H and O–H groups in total. The van der Waals surface area contributed by atoms with Gasteiger partial charge in [0.1, 0.15) is 10.7 Å². The summed E-state index contributed by atoms with van der Waals surface area (Å²) in [6.07, 6.45) is 2.26. The van der Waals surface area contributed by atoms with E-state index in [-0.39, 0.29) is 5.56 Å². The van der Waals surface area contributed by atoms with E-state index in [0.29, 0.717) is 30.3 Å². The summed E-state index contributed by atoms with van der Waals surface area (Å²) < 4.78 is 7.05. The standard InChI is InChI=1S/C14H15N3O2S/c15-14(20)11-5-1-2-6-12(11)19-10-4-9-17-13(18)7-3-8-16-17/h1-3,5-8H,4,9-10H2,(H2,15,20). The molecule has 20 heavy (non-hydrogen) atoms. The number of nitrogens with zero attached hydrogens (tertiary/aromatic N) is 2. The zero-order valence-corrected chi connectivity index (χ0v) is 11.7. The van der Waals surface area contributed by atoms with E-state index >= 15 is 0 Å². The van der Waals surface area contributed by atoms with Crippen molar-refractivity contribution in [2.75, 3.05) is 6.61 Å². The van der Waals surface area contributed by atoms with E-state index in [0.717, 1.165) is 5.56 Å². The highest BCUT2D eigenvalue weighted by Gasteiger charge is 2.05. The average Bonchev–Trinajstić information content (AvgIpc) is 2.45. The number of nitrogens with two attached hydrogens (primary N) is 1. The van der Waals surface area contributed by atoms with Gasteiger partial charge in [0.05, 0.1) is 12.2 Å². The number of benzene rings is 1. The SMILES string of the molecule is NC(=S)c1ccccc1OCCCn1ncccc1=O. The molecule has 0 aliphatic rings. The molecule has 0 aliphatic carbocycles. The third kappa shape index (κ3) is 3.64. The van der Waals surface area contributed by atoms with E-state index < -0.39 is 0 Å². The molecule has 0 saturated carbocycles. The van der Waals surface area contributed by atoms with Crippen molar-refractivity contribution in [1.82, 2.24) is 9.78 Å². The smallest absolute Gasteiger partial charge is 0.266 e. The van der Waals surface area contributed by atoms with Gasteiger partial charge in [0.25, 0.3) is 5.56 Å². The molecule has 0 atom stereocenters. The topological polar surface area (TPSA) is 70.1 Å². The predicted octanol–water partition coefficient (Wildman–Crippen LogP) is 1.35. The van der Waals surface area contributed by atoms with Crippen LogP contribution in [0.5, 0.6) is 5.75 Å². The highest BCUT2D eigenvalue weighted by Crippen LogP contribution is 2.17. The highest BCUT2D eigenvalue weighted by molar-refractivity contribution is 7.80. The van der Waals surface area contributed by atoms with Gasteiger partial charge < -0.3 is 10.5 Å². The molecule has 2 rings (SSSR count). The summed E-state index contributed by atoms with van der Waals surface area (Å²) in [7, 11) is 0. The molecule has 6 heteroatoms. The minimum absolute atomic E-state index is 0.115. The number of aromatic nitrogens is 2. The maximum Gasteiger partial charge on any atom is 0.266 e. The molecule has 2 aromatic rings. The fourth-order valence-electron chi connectivity index (χ4n) is 1.75. The number of hydrogen-bond donors (Lipinski definition) is 1. The van der Waals surface area contributed by atoms with Crippen LogP contribution < -0.4 is 16.0 Å². The number of aryl methyl sites for hydroxylation is 1. The second-order valence-corrected chi connectivity index (χ2v) is 4.59. The Labute approximate surface area is 122 Å². The molecule has 104 valence electrons. The van der Waals surface area contributed by atoms with Gasteiger partial charge in [0, 0.05) is 25.2 Å². The van der Waals surface area contributed by atoms with Crippen LogP contribution >= 0.6 is 12.2 Å². The lowest BCUT2D eigenvalue weighted by Gasteiger charge is -2.10. The maximum atomic E-state index is 11.5. The van der Waals surface area contributed by atoms with Crippen molar-refractivity contribution in [2.24, 2.45) is 5.73 Å². The van der Waals surface area contributed by atoms with E-state index in [1.54, 1.807) is 12.3 Å². The van der Waals surface area contributed by atoms with Crippen molar-refractivity contribution in [2.45, 2.75) is 13.0 Å². The minimum atomic E-state index is -0.115. The van der Waals surface area contributed by atoms with Crippen molar-refractivity contribution >= 4 is 17.2 Å². The van der Waals surface area contributed by atoms with Crippen LogP contribution in [0.3, 0.4) is 0 Å². The number of hydrogen-bond acceptors (Lipinski definition) is 4. The van der Waals surface area contributed by atoms with Gasteiger partial charge in [-0.25, -0.2) is 4.68 Å². The molecule has 1 aromatic carbocycles. The van der Waals surface area contributed by atoms with Gasteiger partial charge in [-0.05, 0) is 18.2 Å². The normalized spacial score (nSPS) is 10.2. The zero-order chi connectivity index (χ0) is 14.4. The van der Waals surface area contributed by atoms with Crippen molar-refractivity contribution < 1.29 is 4.74 Å². The van der Waals surface area contributed by atoms with Crippen molar-refractivity contribution in [3.8, 4) is 5.75 Å². The lowest BCUT2D eigenvalue weighted by atomic mass is 10.2. The monoisotopic (exact) mass is 289 g/mol. The molecule has 0 spiro atoms. The molecule has 0 bridgehead atoms. The van der Waals surface area contributed by atoms with E-state index in [9.17, 15) is 4.79 Å². The maximum absolute atomic E-state index is 11.5. The lowest BCUT2D eigenvalue weighted by molar-refractivity contribution is 0.296. The Kier molecular flexibility index (Phi) is 4.84. The zero-order valence-electron chi connectivity index (χ0n) is 10.9. The first kappa shape index (κ1) is 14.2. The van der Waals surface area contributed by atoms with E-state index in [2.05, 4.69) is 5.10 Å². The predicted molar refractivity (Wildman–Crippen MR) is 80.9 cm³/mol. The second kappa shape index (κ2) is 6.81. The summed E-state index contributed by atoms with van der Waals surface area (Å²) in [6.45, 7) is 0.970. The Morgan fingerprint density at radius 1 is 1.30 bits per heavy atom. The van der Waals surface area contributed by atoms with Crippen LogP contribution in [-0.4, -0.2) is 21.4 Å². The molecule has 1 heterocycles. The first-order valence-corrected chi connectivity index (χ1v) is 6.63. The molecular formula is C14H15N3O2S. The number of rotatable bonds is 6. The van der Waals surface area contributed by atoms with E-state index in [1.807, 2.05) is 24.3 Å². The van der Waals surface area contributed by atoms with Gasteiger partial charge in [0.2, 0.25) is 0 Å². The molecule has 0 unspecified atom stereocenters. The van der Waals surface area contributed by atoms with Crippen LogP contribution in [0.2, 0.25) is 0 Å². The van der Waals surface area contributed by atoms with Gasteiger partial charge in [-0.1, -0.05) is 24.4 Å². The molecule has 5 nitrogen and oxygen atoms in total. The summed E-state index contributed by atoms with van der Waals surface area (Å²) >= 11 is 4.96. The van der Waals surface area contributed by atoms with Crippen LogP contribution in [0.25, 0.3) is 0 Å². The molecule has 0 amide bonds. The Bertz CT molecular complexity index is 655. The number of ether oxygens (including phenoxy) is 1. The molecular weight excluding hydrogens is 274 g/mol. The fourth-order valence-corrected chi connectivity index (χ4v) is 1.92. The first-order valence-electron chi connectivity index (χ1n) is 6.22. The van der Waals surface area contributed by atoms with Crippen molar-refractivity contribution in [3.63, 3.8) is 0 Å². The van der Waals surface area contributed by atoms with Crippen LogP contribution in [0.1, 0.15) is 12.0 Å². The largest absolute Gasteiger partial charge is 0.493 e.